The predicted molar refractivity (Wildman–Crippen MR) is 265 cm³/mol. The minimum Gasteiger partial charge on any atom is -0.664 e. The van der Waals surface area contributed by atoms with Crippen LogP contribution in [0.5, 0.6) is 0 Å². The Morgan fingerprint density at radius 3 is 2.18 bits per heavy atom. The monoisotopic (exact) mass is 898 g/mol. The maximum Gasteiger partial charge on any atom is 2.00 e. The van der Waals surface area contributed by atoms with E-state index in [1.54, 1.807) is 0 Å². The van der Waals surface area contributed by atoms with Gasteiger partial charge in [0.15, 0.2) is 0 Å². The maximum atomic E-state index is 13.7. The molecule has 1 fully saturated rings. The summed E-state index contributed by atoms with van der Waals surface area (Å²) in [7, 11) is 1.35. The fraction of sp³-hybridized carbons (Fsp3) is 0.600. The Balaban J connectivity index is 0.00000793. The van der Waals surface area contributed by atoms with Crippen LogP contribution < -0.4 is 30.8 Å². The first kappa shape index (κ1) is 52.1. The first-order valence-electron chi connectivity index (χ1n) is 24.5. The number of nitrogens with zero attached hydrogens (tertiary/aromatic N) is 3. The van der Waals surface area contributed by atoms with E-state index in [4.69, 9.17) is 24.4 Å². The molecule has 6 atom stereocenters. The number of nitrogens with one attached hydrogen (secondary N) is 1. The second-order valence-corrected chi connectivity index (χ2v) is 20.0. The van der Waals surface area contributed by atoms with Crippen LogP contribution >= 0.6 is 0 Å². The molecule has 2 N–H and O–H groups in total. The molecule has 0 saturated carbocycles. The number of aromatic nitrogens is 3. The molecule has 0 aromatic carbocycles. The Labute approximate surface area is 406 Å². The zero-order chi connectivity index (χ0) is 46.4. The van der Waals surface area contributed by atoms with Gasteiger partial charge in [-0.05, 0) is 112 Å². The predicted octanol–water partition coefficient (Wildman–Crippen LogP) is 9.40. The molecule has 1 saturated heterocycles. The second-order valence-electron chi connectivity index (χ2n) is 20.0. The van der Waals surface area contributed by atoms with E-state index in [1.807, 2.05) is 13.0 Å². The third-order valence-corrected chi connectivity index (χ3v) is 14.9. The molecule has 1 aliphatic carbocycles. The van der Waals surface area contributed by atoms with Gasteiger partial charge in [0.25, 0.3) is 0 Å². The summed E-state index contributed by atoms with van der Waals surface area (Å²) in [5.74, 6) is 0.309. The topological polar surface area (TPSA) is 127 Å². The van der Waals surface area contributed by atoms with Gasteiger partial charge in [0.05, 0.1) is 13.2 Å². The standard InChI is InChI=1S/C55H77N4O5.Mg/c1-13-39-35(8)42-28-44-37(10)41(24-25-48(60)64-27-26-34(7)23-17-22-33(6)21-16-20-32(5)19-15-18-31(3)4)52(58-44)50-51(55(62)63-12)54(61)49-38(11)45(59-53(49)50)30-47-40(14-2)36(9)43(57-47)29-46(39)56-42;/h13,26,28,31-33,37,41,51-52,58,61H,1,14-25,27,29-30H2,2-12H3;/q-3;+2/b34-26+,44-28-;/t32-,33-,37+,41+,51+,52?;/m1./s1. The molecule has 350 valence electrons. The van der Waals surface area contributed by atoms with Crippen molar-refractivity contribution in [2.75, 3.05) is 13.7 Å². The van der Waals surface area contributed by atoms with Gasteiger partial charge in [-0.15, -0.1) is 16.7 Å². The van der Waals surface area contributed by atoms with E-state index in [2.05, 4.69) is 86.4 Å². The van der Waals surface area contributed by atoms with Crippen LogP contribution in [0.4, 0.5) is 0 Å². The van der Waals surface area contributed by atoms with E-state index in [1.165, 1.54) is 68.8 Å². The van der Waals surface area contributed by atoms with Gasteiger partial charge < -0.3 is 34.8 Å². The van der Waals surface area contributed by atoms with Gasteiger partial charge >= 0.3 is 35.0 Å². The zero-order valence-corrected chi connectivity index (χ0v) is 43.1. The van der Waals surface area contributed by atoms with Crippen LogP contribution in [0.25, 0.3) is 23.5 Å². The van der Waals surface area contributed by atoms with Crippen molar-refractivity contribution in [3.05, 3.63) is 90.8 Å². The fourth-order valence-electron chi connectivity index (χ4n) is 10.8. The van der Waals surface area contributed by atoms with Crippen molar-refractivity contribution >= 4 is 58.5 Å². The molecule has 65 heavy (non-hydrogen) atoms. The average molecular weight is 899 g/mol. The molecule has 1 unspecified atom stereocenters. The van der Waals surface area contributed by atoms with Crippen molar-refractivity contribution in [3.8, 4) is 0 Å². The molecule has 8 bridgehead atoms. The van der Waals surface area contributed by atoms with E-state index in [0.29, 0.717) is 35.4 Å². The van der Waals surface area contributed by atoms with Crippen molar-refractivity contribution in [1.82, 2.24) is 20.3 Å². The van der Waals surface area contributed by atoms with Crippen LogP contribution in [0.3, 0.4) is 0 Å². The van der Waals surface area contributed by atoms with Crippen LogP contribution in [-0.4, -0.2) is 59.9 Å². The van der Waals surface area contributed by atoms with Crippen LogP contribution in [-0.2, 0) is 38.3 Å². The Kier molecular flexibility index (Phi) is 18.6. The molecule has 5 heterocycles. The van der Waals surface area contributed by atoms with Gasteiger partial charge in [-0.1, -0.05) is 133 Å². The van der Waals surface area contributed by atoms with E-state index < -0.39 is 17.9 Å². The number of hydrogen-bond acceptors (Lipinski definition) is 6. The summed E-state index contributed by atoms with van der Waals surface area (Å²) in [6.07, 6.45) is 20.0. The number of aliphatic hydroxyl groups is 1. The number of esters is 2. The molecule has 3 aromatic rings. The third kappa shape index (κ3) is 11.8. The first-order chi connectivity index (χ1) is 30.6. The summed E-state index contributed by atoms with van der Waals surface area (Å²) in [5.41, 5.74) is 12.7. The van der Waals surface area contributed by atoms with E-state index in [0.717, 1.165) is 87.9 Å². The number of ether oxygens (including phenoxy) is 2. The summed E-state index contributed by atoms with van der Waals surface area (Å²) in [6.45, 7) is 26.5. The Bertz CT molecular complexity index is 2360. The Hall–Kier alpha value is -3.89. The van der Waals surface area contributed by atoms with Crippen LogP contribution in [0, 0.1) is 56.3 Å². The van der Waals surface area contributed by atoms with Gasteiger partial charge in [0.1, 0.15) is 18.3 Å². The Morgan fingerprint density at radius 2 is 1.54 bits per heavy atom. The van der Waals surface area contributed by atoms with Gasteiger partial charge in [0.2, 0.25) is 0 Å². The average Bonchev–Trinajstić information content (AvgIpc) is 3.99. The molecular formula is C55H77MgN4O5-. The third-order valence-electron chi connectivity index (χ3n) is 14.9. The minimum absolute atomic E-state index is 0. The molecule has 6 rings (SSSR count). The van der Waals surface area contributed by atoms with E-state index in [-0.39, 0.29) is 59.6 Å². The Morgan fingerprint density at radius 1 is 0.892 bits per heavy atom. The number of rotatable bonds is 20. The normalized spacial score (nSPS) is 20.9. The number of carbonyl (C=O) groups is 2. The number of hydrogen-bond donors (Lipinski definition) is 2. The van der Waals surface area contributed by atoms with Crippen LogP contribution in [0.2, 0.25) is 0 Å². The second kappa shape index (κ2) is 23.2. The number of carbonyl (C=O) groups excluding carboxylic acids is 2. The van der Waals surface area contributed by atoms with Crippen molar-refractivity contribution in [3.63, 3.8) is 0 Å². The number of allylic oxidation sites excluding steroid dienone is 2. The largest absolute Gasteiger partial charge is 2.00 e. The number of fused-ring (bicyclic) bond motifs is 8. The van der Waals surface area contributed by atoms with Gasteiger partial charge in [-0.2, -0.15) is 17.1 Å². The number of methoxy groups -OCH3 is 1. The summed E-state index contributed by atoms with van der Waals surface area (Å²) in [4.78, 5) is 42.7. The van der Waals surface area contributed by atoms with Crippen molar-refractivity contribution in [2.24, 2.45) is 35.5 Å². The van der Waals surface area contributed by atoms with Crippen molar-refractivity contribution in [1.29, 1.82) is 0 Å². The van der Waals surface area contributed by atoms with Gasteiger partial charge in [0, 0.05) is 18.0 Å². The molecular weight excluding hydrogens is 821 g/mol. The molecule has 9 nitrogen and oxygen atoms in total. The van der Waals surface area contributed by atoms with E-state index >= 15 is 0 Å². The molecule has 3 aromatic heterocycles. The SMILES string of the molecule is C=Cc1c2[n-]c(c1C)/C=C1\NC(C3=c4[n-]c(c(C)c4=C(O)[C@H]3C(=O)OC)Cc3[n-]c(c(C)c3CC)C2)[C@@H](CCC(=O)OC/C=C(\C)CCC[C@H](C)CCC[C@H](C)CCCC(C)C)[C@@H]1C.[Mg+2]. The van der Waals surface area contributed by atoms with E-state index in [9.17, 15) is 14.7 Å². The molecule has 0 radical (unpaired) electrons. The maximum absolute atomic E-state index is 13.7. The van der Waals surface area contributed by atoms with Crippen LogP contribution in [0.15, 0.2) is 23.9 Å². The molecule has 0 amide bonds. The summed E-state index contributed by atoms with van der Waals surface area (Å²) in [5, 5.41) is 16.9. The fourth-order valence-corrected chi connectivity index (χ4v) is 10.8. The number of aliphatic hydroxyl groups excluding tert-OH is 1. The summed E-state index contributed by atoms with van der Waals surface area (Å²) in [6, 6.07) is -0.426. The summed E-state index contributed by atoms with van der Waals surface area (Å²) < 4.78 is 11.2. The minimum atomic E-state index is -1.02. The first-order valence-corrected chi connectivity index (χ1v) is 24.5. The van der Waals surface area contributed by atoms with Gasteiger partial charge in [-0.25, -0.2) is 0 Å². The molecule has 3 aliphatic rings. The molecule has 0 spiro atoms. The molecule has 2 aliphatic heterocycles. The summed E-state index contributed by atoms with van der Waals surface area (Å²) >= 11 is 0. The van der Waals surface area contributed by atoms with Crippen molar-refractivity contribution < 1.29 is 24.2 Å². The smallest absolute Gasteiger partial charge is 0.664 e. The zero-order valence-electron chi connectivity index (χ0n) is 41.7. The van der Waals surface area contributed by atoms with Gasteiger partial charge in [-0.3, -0.25) is 9.59 Å². The van der Waals surface area contributed by atoms with Crippen molar-refractivity contribution in [2.45, 2.75) is 165 Å². The molecule has 10 heteroatoms. The quantitative estimate of drug-likeness (QED) is 0.0648. The van der Waals surface area contributed by atoms with Crippen LogP contribution in [0.1, 0.15) is 175 Å².